The number of fused-ring (bicyclic) bond motifs is 1. The molecule has 0 amide bonds. The quantitative estimate of drug-likeness (QED) is 0.789. The maximum atomic E-state index is 9.76. The molecule has 1 aromatic rings. The van der Waals surface area contributed by atoms with Crippen LogP contribution in [0.15, 0.2) is 12.1 Å². The zero-order valence-electron chi connectivity index (χ0n) is 9.40. The van der Waals surface area contributed by atoms with Gasteiger partial charge < -0.3 is 20.3 Å². The minimum absolute atomic E-state index is 0.209. The van der Waals surface area contributed by atoms with E-state index in [0.717, 1.165) is 29.0 Å². The monoisotopic (exact) mass is 223 g/mol. The highest BCUT2D eigenvalue weighted by Crippen LogP contribution is 2.36. The van der Waals surface area contributed by atoms with Crippen molar-refractivity contribution in [3.05, 3.63) is 23.3 Å². The smallest absolute Gasteiger partial charge is 0.164 e. The van der Waals surface area contributed by atoms with Crippen LogP contribution in [0.5, 0.6) is 11.5 Å². The van der Waals surface area contributed by atoms with Gasteiger partial charge in [0.15, 0.2) is 11.5 Å². The van der Waals surface area contributed by atoms with E-state index in [-0.39, 0.29) is 6.54 Å². The summed E-state index contributed by atoms with van der Waals surface area (Å²) < 4.78 is 11.2. The number of rotatable bonds is 2. The van der Waals surface area contributed by atoms with Crippen molar-refractivity contribution in [1.29, 1.82) is 0 Å². The van der Waals surface area contributed by atoms with Crippen LogP contribution in [-0.2, 0) is 0 Å². The zero-order valence-corrected chi connectivity index (χ0v) is 9.40. The standard InChI is InChI=1S/C12H17NO3/c1-8-9(10(14)7-13)3-4-11-12(8)16-6-2-5-15-11/h3-4,10,14H,2,5-7,13H2,1H3. The molecule has 2 rings (SSSR count). The van der Waals surface area contributed by atoms with Crippen LogP contribution >= 0.6 is 0 Å². The van der Waals surface area contributed by atoms with Crippen molar-refractivity contribution in [3.63, 3.8) is 0 Å². The van der Waals surface area contributed by atoms with Gasteiger partial charge in [-0.3, -0.25) is 0 Å². The van der Waals surface area contributed by atoms with E-state index >= 15 is 0 Å². The largest absolute Gasteiger partial charge is 0.490 e. The van der Waals surface area contributed by atoms with E-state index in [4.69, 9.17) is 15.2 Å². The molecule has 4 nitrogen and oxygen atoms in total. The fourth-order valence-corrected chi connectivity index (χ4v) is 1.88. The Morgan fingerprint density at radius 2 is 2.12 bits per heavy atom. The summed E-state index contributed by atoms with van der Waals surface area (Å²) in [6.07, 6.45) is 0.236. The van der Waals surface area contributed by atoms with Crippen molar-refractivity contribution >= 4 is 0 Å². The fraction of sp³-hybridized carbons (Fsp3) is 0.500. The van der Waals surface area contributed by atoms with E-state index in [9.17, 15) is 5.11 Å². The Bertz CT molecular complexity index is 379. The normalized spacial score (nSPS) is 16.7. The van der Waals surface area contributed by atoms with Gasteiger partial charge in [0.05, 0.1) is 19.3 Å². The molecule has 88 valence electrons. The first-order chi connectivity index (χ1) is 7.74. The van der Waals surface area contributed by atoms with E-state index in [0.29, 0.717) is 13.2 Å². The van der Waals surface area contributed by atoms with E-state index in [2.05, 4.69) is 0 Å². The summed E-state index contributed by atoms with van der Waals surface area (Å²) in [6, 6.07) is 3.68. The number of aliphatic hydroxyl groups excluding tert-OH is 1. The van der Waals surface area contributed by atoms with E-state index < -0.39 is 6.10 Å². The van der Waals surface area contributed by atoms with Gasteiger partial charge in [-0.15, -0.1) is 0 Å². The number of ether oxygens (including phenoxy) is 2. The van der Waals surface area contributed by atoms with Crippen LogP contribution in [0.25, 0.3) is 0 Å². The molecule has 0 saturated carbocycles. The molecule has 1 heterocycles. The molecule has 16 heavy (non-hydrogen) atoms. The summed E-state index contributed by atoms with van der Waals surface area (Å²) in [7, 11) is 0. The summed E-state index contributed by atoms with van der Waals surface area (Å²) in [6.45, 7) is 3.45. The molecule has 3 N–H and O–H groups in total. The number of hydrogen-bond acceptors (Lipinski definition) is 4. The first-order valence-electron chi connectivity index (χ1n) is 5.51. The third kappa shape index (κ3) is 1.99. The Kier molecular flexibility index (Phi) is 3.31. The predicted octanol–water partition coefficient (Wildman–Crippen LogP) is 1.15. The van der Waals surface area contributed by atoms with E-state index in [1.54, 1.807) is 0 Å². The van der Waals surface area contributed by atoms with Crippen molar-refractivity contribution < 1.29 is 14.6 Å². The Hall–Kier alpha value is -1.26. The van der Waals surface area contributed by atoms with Crippen molar-refractivity contribution in [3.8, 4) is 11.5 Å². The van der Waals surface area contributed by atoms with Crippen molar-refractivity contribution in [2.24, 2.45) is 5.73 Å². The molecule has 1 unspecified atom stereocenters. The average molecular weight is 223 g/mol. The van der Waals surface area contributed by atoms with Crippen molar-refractivity contribution in [1.82, 2.24) is 0 Å². The molecule has 0 fully saturated rings. The first kappa shape index (κ1) is 11.2. The highest BCUT2D eigenvalue weighted by molar-refractivity contribution is 5.51. The molecule has 1 atom stereocenters. The van der Waals surface area contributed by atoms with Crippen LogP contribution in [0, 0.1) is 6.92 Å². The third-order valence-electron chi connectivity index (χ3n) is 2.79. The van der Waals surface area contributed by atoms with E-state index in [1.165, 1.54) is 0 Å². The molecule has 0 bridgehead atoms. The molecule has 1 aliphatic rings. The predicted molar refractivity (Wildman–Crippen MR) is 60.8 cm³/mol. The lowest BCUT2D eigenvalue weighted by Gasteiger charge is -2.16. The second-order valence-electron chi connectivity index (χ2n) is 3.91. The second-order valence-corrected chi connectivity index (χ2v) is 3.91. The minimum atomic E-state index is -0.642. The number of benzene rings is 1. The van der Waals surface area contributed by atoms with Gasteiger partial charge >= 0.3 is 0 Å². The van der Waals surface area contributed by atoms with Crippen LogP contribution in [0.3, 0.4) is 0 Å². The second kappa shape index (κ2) is 4.72. The lowest BCUT2D eigenvalue weighted by molar-refractivity contribution is 0.185. The maximum Gasteiger partial charge on any atom is 0.164 e. The Balaban J connectivity index is 2.41. The van der Waals surface area contributed by atoms with Crippen LogP contribution in [0.4, 0.5) is 0 Å². The van der Waals surface area contributed by atoms with Crippen molar-refractivity contribution in [2.45, 2.75) is 19.4 Å². The van der Waals surface area contributed by atoms with Gasteiger partial charge in [-0.25, -0.2) is 0 Å². The Morgan fingerprint density at radius 1 is 1.38 bits per heavy atom. The number of aliphatic hydroxyl groups is 1. The summed E-state index contributed by atoms with van der Waals surface area (Å²) in [5.74, 6) is 1.49. The lowest BCUT2D eigenvalue weighted by atomic mass is 10.0. The minimum Gasteiger partial charge on any atom is -0.490 e. The van der Waals surface area contributed by atoms with Crippen LogP contribution in [0.1, 0.15) is 23.7 Å². The molecule has 0 saturated heterocycles. The van der Waals surface area contributed by atoms with Crippen LogP contribution in [-0.4, -0.2) is 24.9 Å². The Morgan fingerprint density at radius 3 is 2.88 bits per heavy atom. The van der Waals surface area contributed by atoms with Gasteiger partial charge in [-0.05, 0) is 18.6 Å². The molecular formula is C12H17NO3. The van der Waals surface area contributed by atoms with Gasteiger partial charge in [-0.2, -0.15) is 0 Å². The molecule has 0 radical (unpaired) electrons. The van der Waals surface area contributed by atoms with Gasteiger partial charge in [0.1, 0.15) is 0 Å². The first-order valence-corrected chi connectivity index (χ1v) is 5.51. The highest BCUT2D eigenvalue weighted by Gasteiger charge is 2.18. The van der Waals surface area contributed by atoms with Crippen molar-refractivity contribution in [2.75, 3.05) is 19.8 Å². The Labute approximate surface area is 95.0 Å². The summed E-state index contributed by atoms with van der Waals surface area (Å²) in [5.41, 5.74) is 7.18. The average Bonchev–Trinajstić information content (AvgIpc) is 2.54. The van der Waals surface area contributed by atoms with E-state index in [1.807, 2.05) is 19.1 Å². The summed E-state index contributed by atoms with van der Waals surface area (Å²) in [4.78, 5) is 0. The molecule has 4 heteroatoms. The SMILES string of the molecule is Cc1c(C(O)CN)ccc2c1OCCCO2. The molecule has 0 aromatic heterocycles. The van der Waals surface area contributed by atoms with Gasteiger partial charge in [0.25, 0.3) is 0 Å². The topological polar surface area (TPSA) is 64.7 Å². The molecule has 0 aliphatic carbocycles. The molecule has 0 spiro atoms. The molecule has 1 aromatic carbocycles. The maximum absolute atomic E-state index is 9.76. The van der Waals surface area contributed by atoms with Gasteiger partial charge in [0.2, 0.25) is 0 Å². The third-order valence-corrected chi connectivity index (χ3v) is 2.79. The lowest BCUT2D eigenvalue weighted by Crippen LogP contribution is -2.13. The fourth-order valence-electron chi connectivity index (χ4n) is 1.88. The van der Waals surface area contributed by atoms with Crippen LogP contribution in [0.2, 0.25) is 0 Å². The molecule has 1 aliphatic heterocycles. The summed E-state index contributed by atoms with van der Waals surface area (Å²) in [5, 5.41) is 9.76. The molecular weight excluding hydrogens is 206 g/mol. The highest BCUT2D eigenvalue weighted by atomic mass is 16.5. The number of hydrogen-bond donors (Lipinski definition) is 2. The van der Waals surface area contributed by atoms with Gasteiger partial charge in [0, 0.05) is 18.5 Å². The number of nitrogens with two attached hydrogens (primary N) is 1. The zero-order chi connectivity index (χ0) is 11.5. The summed E-state index contributed by atoms with van der Waals surface area (Å²) >= 11 is 0. The van der Waals surface area contributed by atoms with Gasteiger partial charge in [-0.1, -0.05) is 6.07 Å². The van der Waals surface area contributed by atoms with Crippen LogP contribution < -0.4 is 15.2 Å².